The van der Waals surface area contributed by atoms with Gasteiger partial charge in [0.2, 0.25) is 0 Å². The molecule has 4 rings (SSSR count). The van der Waals surface area contributed by atoms with E-state index in [0.717, 1.165) is 22.3 Å². The van der Waals surface area contributed by atoms with Crippen LogP contribution in [0.15, 0.2) is 126 Å². The Balaban J connectivity index is 1.64. The highest BCUT2D eigenvalue weighted by atomic mass is 32.2. The Morgan fingerprint density at radius 3 is 1.45 bits per heavy atom. The molecule has 0 fully saturated rings. The van der Waals surface area contributed by atoms with Gasteiger partial charge in [-0.25, -0.2) is 0 Å². The van der Waals surface area contributed by atoms with Gasteiger partial charge in [0.1, 0.15) is 29.5 Å². The quantitative estimate of drug-likeness (QED) is 0.0547. The normalized spacial score (nSPS) is 14.5. The first-order chi connectivity index (χ1) is 21.7. The number of oxime groups is 1. The molecule has 0 aliphatic rings. The van der Waals surface area contributed by atoms with Crippen LogP contribution in [0.2, 0.25) is 0 Å². The summed E-state index contributed by atoms with van der Waals surface area (Å²) in [6.45, 7) is 3.00. The third-order valence-corrected chi connectivity index (χ3v) is 7.78. The van der Waals surface area contributed by atoms with Crippen LogP contribution in [0.3, 0.4) is 0 Å². The summed E-state index contributed by atoms with van der Waals surface area (Å²) in [7, 11) is 0. The molecule has 0 saturated carbocycles. The molecule has 0 radical (unpaired) electrons. The van der Waals surface area contributed by atoms with E-state index in [0.29, 0.717) is 17.4 Å². The maximum atomic E-state index is 11.7. The molecule has 0 saturated heterocycles. The molecule has 4 aromatic carbocycles. The van der Waals surface area contributed by atoms with Crippen LogP contribution in [-0.4, -0.2) is 52.1 Å². The van der Waals surface area contributed by atoms with Crippen molar-refractivity contribution in [3.8, 4) is 0 Å². The Kier molecular flexibility index (Phi) is 14.4. The van der Waals surface area contributed by atoms with Crippen molar-refractivity contribution in [2.45, 2.75) is 57.8 Å². The van der Waals surface area contributed by atoms with E-state index >= 15 is 0 Å². The smallest absolute Gasteiger partial charge is 0.144 e. The van der Waals surface area contributed by atoms with Crippen molar-refractivity contribution in [1.29, 1.82) is 0 Å². The van der Waals surface area contributed by atoms with Crippen molar-refractivity contribution in [2.75, 3.05) is 12.4 Å². The lowest BCUT2D eigenvalue weighted by Crippen LogP contribution is -2.52. The lowest BCUT2D eigenvalue weighted by molar-refractivity contribution is -0.174. The Labute approximate surface area is 264 Å². The van der Waals surface area contributed by atoms with Crippen LogP contribution in [0.4, 0.5) is 0 Å². The molecular weight excluding hydrogens is 574 g/mol. The summed E-state index contributed by atoms with van der Waals surface area (Å²) in [6, 6.07) is 39.1. The number of aliphatic hydroxyl groups is 1. The first-order valence-corrected chi connectivity index (χ1v) is 15.8. The third kappa shape index (κ3) is 10.9. The van der Waals surface area contributed by atoms with E-state index in [4.69, 9.17) is 18.9 Å². The summed E-state index contributed by atoms with van der Waals surface area (Å²) in [6.07, 6.45) is -3.69. The Morgan fingerprint density at radius 2 is 1.02 bits per heavy atom. The van der Waals surface area contributed by atoms with Crippen molar-refractivity contribution >= 4 is 16.8 Å². The van der Waals surface area contributed by atoms with Crippen molar-refractivity contribution in [1.82, 2.24) is 0 Å². The summed E-state index contributed by atoms with van der Waals surface area (Å²) < 4.78 is 25.5. The van der Waals surface area contributed by atoms with Crippen LogP contribution >= 0.6 is 11.8 Å². The van der Waals surface area contributed by atoms with Crippen molar-refractivity contribution in [3.63, 3.8) is 0 Å². The van der Waals surface area contributed by atoms with Crippen LogP contribution in [0.1, 0.15) is 29.2 Å². The maximum Gasteiger partial charge on any atom is 0.144 e. The van der Waals surface area contributed by atoms with Gasteiger partial charge in [-0.1, -0.05) is 133 Å². The van der Waals surface area contributed by atoms with Gasteiger partial charge in [0, 0.05) is 0 Å². The number of aliphatic hydroxyl groups excluding tert-OH is 1. The molecule has 44 heavy (non-hydrogen) atoms. The highest BCUT2D eigenvalue weighted by Crippen LogP contribution is 2.25. The number of nitrogens with zero attached hydrogens (tertiary/aromatic N) is 1. The summed E-state index contributed by atoms with van der Waals surface area (Å²) in [5.74, 6) is 0.647. The van der Waals surface area contributed by atoms with Gasteiger partial charge < -0.3 is 29.3 Å². The minimum absolute atomic E-state index is 0.00251. The topological polar surface area (TPSA) is 89.7 Å². The fourth-order valence-electron chi connectivity index (χ4n) is 4.66. The molecule has 0 aliphatic carbocycles. The molecule has 0 unspecified atom stereocenters. The molecule has 0 aromatic heterocycles. The molecule has 232 valence electrons. The largest absolute Gasteiger partial charge is 0.410 e. The highest BCUT2D eigenvalue weighted by molar-refractivity contribution is 8.14. The molecular formula is C36H41NO6S. The maximum absolute atomic E-state index is 11.7. The molecule has 8 heteroatoms. The lowest BCUT2D eigenvalue weighted by Gasteiger charge is -2.36. The van der Waals surface area contributed by atoms with Gasteiger partial charge in [-0.2, -0.15) is 0 Å². The van der Waals surface area contributed by atoms with Crippen LogP contribution < -0.4 is 0 Å². The molecule has 0 aliphatic heterocycles. The number of ether oxygens (including phenoxy) is 4. The molecule has 0 bridgehead atoms. The molecule has 4 atom stereocenters. The van der Waals surface area contributed by atoms with Crippen molar-refractivity contribution in [2.24, 2.45) is 5.16 Å². The van der Waals surface area contributed by atoms with Gasteiger partial charge in [-0.05, 0) is 28.0 Å². The Morgan fingerprint density at radius 1 is 0.614 bits per heavy atom. The van der Waals surface area contributed by atoms with Crippen LogP contribution in [0.5, 0.6) is 0 Å². The zero-order chi connectivity index (χ0) is 30.8. The van der Waals surface area contributed by atoms with Crippen molar-refractivity contribution in [3.05, 3.63) is 144 Å². The van der Waals surface area contributed by atoms with Gasteiger partial charge in [0.15, 0.2) is 0 Å². The van der Waals surface area contributed by atoms with E-state index in [1.807, 2.05) is 128 Å². The molecule has 0 heterocycles. The zero-order valence-electron chi connectivity index (χ0n) is 25.0. The van der Waals surface area contributed by atoms with Crippen LogP contribution in [0, 0.1) is 0 Å². The average Bonchev–Trinajstić information content (AvgIpc) is 3.08. The number of hydrogen-bond donors (Lipinski definition) is 2. The summed E-state index contributed by atoms with van der Waals surface area (Å²) >= 11 is 1.35. The number of hydrogen-bond acceptors (Lipinski definition) is 8. The van der Waals surface area contributed by atoms with E-state index in [9.17, 15) is 10.3 Å². The first-order valence-electron chi connectivity index (χ1n) is 14.8. The van der Waals surface area contributed by atoms with Gasteiger partial charge in [0.25, 0.3) is 0 Å². The number of rotatable bonds is 18. The van der Waals surface area contributed by atoms with Crippen molar-refractivity contribution < 1.29 is 29.3 Å². The molecule has 0 spiro atoms. The SMILES string of the molecule is CCS/C(=N\O)[C@H](OCc1ccccc1)[C@@H](OCc1ccccc1)[C@H](OCc1ccccc1)[C@H](O)COCc1ccccc1. The van der Waals surface area contributed by atoms with Crippen LogP contribution in [-0.2, 0) is 45.4 Å². The summed E-state index contributed by atoms with van der Waals surface area (Å²) in [5, 5.41) is 25.8. The first kappa shape index (κ1) is 33.4. The molecule has 0 amide bonds. The number of benzene rings is 4. The van der Waals surface area contributed by atoms with E-state index in [-0.39, 0.29) is 26.4 Å². The average molecular weight is 616 g/mol. The fraction of sp³-hybridized carbons (Fsp3) is 0.306. The second-order valence-electron chi connectivity index (χ2n) is 10.2. The fourth-order valence-corrected chi connectivity index (χ4v) is 5.38. The predicted octanol–water partition coefficient (Wildman–Crippen LogP) is 6.86. The van der Waals surface area contributed by atoms with Gasteiger partial charge in [0.05, 0.1) is 33.0 Å². The Bertz CT molecular complexity index is 1340. The summed E-state index contributed by atoms with van der Waals surface area (Å²) in [4.78, 5) is 0. The van der Waals surface area contributed by atoms with Gasteiger partial charge in [-0.15, -0.1) is 11.8 Å². The standard InChI is InChI=1S/C36H41NO6S/c1-2-44-36(37-39)35(43-26-31-21-13-6-14-22-31)34(42-25-30-19-11-5-12-20-30)33(41-24-29-17-9-4-10-18-29)32(38)27-40-23-28-15-7-3-8-16-28/h3-22,32-35,38-39H,2,23-27H2,1H3/b37-36-/t32-,33-,34+,35-/m1/s1. The summed E-state index contributed by atoms with van der Waals surface area (Å²) in [5.41, 5.74) is 3.84. The van der Waals surface area contributed by atoms with Gasteiger partial charge in [-0.3, -0.25) is 0 Å². The van der Waals surface area contributed by atoms with E-state index in [1.54, 1.807) is 0 Å². The molecule has 2 N–H and O–H groups in total. The Hall–Kier alpha value is -3.50. The number of thioether (sulfide) groups is 1. The predicted molar refractivity (Wildman–Crippen MR) is 175 cm³/mol. The van der Waals surface area contributed by atoms with Crippen LogP contribution in [0.25, 0.3) is 0 Å². The highest BCUT2D eigenvalue weighted by Gasteiger charge is 2.40. The van der Waals surface area contributed by atoms with E-state index in [1.165, 1.54) is 11.8 Å². The molecule has 7 nitrogen and oxygen atoms in total. The lowest BCUT2D eigenvalue weighted by atomic mass is 10.0. The molecule has 4 aromatic rings. The minimum atomic E-state index is -1.09. The minimum Gasteiger partial charge on any atom is -0.410 e. The van der Waals surface area contributed by atoms with E-state index < -0.39 is 24.4 Å². The van der Waals surface area contributed by atoms with Gasteiger partial charge >= 0.3 is 0 Å². The second-order valence-corrected chi connectivity index (χ2v) is 11.5. The third-order valence-electron chi connectivity index (χ3n) is 6.88. The second kappa shape index (κ2) is 19.0. The van der Waals surface area contributed by atoms with E-state index in [2.05, 4.69) is 5.16 Å². The zero-order valence-corrected chi connectivity index (χ0v) is 25.8. The monoisotopic (exact) mass is 615 g/mol.